The highest BCUT2D eigenvalue weighted by Crippen LogP contribution is 2.15. The normalized spacial score (nSPS) is 10.7. The third kappa shape index (κ3) is 6.55. The van der Waals surface area contributed by atoms with Crippen LogP contribution >= 0.6 is 12.2 Å². The van der Waals surface area contributed by atoms with Gasteiger partial charge in [0.15, 0.2) is 5.11 Å². The van der Waals surface area contributed by atoms with Crippen molar-refractivity contribution in [2.24, 2.45) is 5.92 Å². The molecular formula is C23H26N4O3S. The molecule has 1 aromatic heterocycles. The number of ether oxygens (including phenoxy) is 1. The number of nitrogens with one attached hydrogen (secondary N) is 3. The Morgan fingerprint density at radius 2 is 1.77 bits per heavy atom. The van der Waals surface area contributed by atoms with Gasteiger partial charge in [0.25, 0.3) is 11.8 Å². The number of hydrazine groups is 1. The smallest absolute Gasteiger partial charge is 0.258 e. The number of benzene rings is 2. The van der Waals surface area contributed by atoms with E-state index in [2.05, 4.69) is 30.0 Å². The number of rotatable bonds is 7. The summed E-state index contributed by atoms with van der Waals surface area (Å²) in [5.41, 5.74) is 6.45. The Kier molecular flexibility index (Phi) is 7.61. The molecule has 8 heteroatoms. The highest BCUT2D eigenvalue weighted by Gasteiger charge is 2.10. The van der Waals surface area contributed by atoms with Crippen LogP contribution in [0.4, 0.5) is 0 Å². The van der Waals surface area contributed by atoms with E-state index in [1.54, 1.807) is 24.3 Å². The van der Waals surface area contributed by atoms with E-state index >= 15 is 0 Å². The molecule has 2 amide bonds. The molecule has 3 rings (SSSR count). The summed E-state index contributed by atoms with van der Waals surface area (Å²) in [7, 11) is 0. The van der Waals surface area contributed by atoms with E-state index in [0.29, 0.717) is 23.8 Å². The van der Waals surface area contributed by atoms with Crippen LogP contribution in [0.2, 0.25) is 0 Å². The number of carbonyl (C=O) groups excluding carboxylic acids is 2. The summed E-state index contributed by atoms with van der Waals surface area (Å²) in [5, 5.41) is 3.60. The van der Waals surface area contributed by atoms with Crippen LogP contribution in [0, 0.1) is 5.92 Å². The second kappa shape index (κ2) is 10.6. The first kappa shape index (κ1) is 22.3. The molecule has 0 unspecified atom stereocenters. The first-order valence-corrected chi connectivity index (χ1v) is 10.5. The van der Waals surface area contributed by atoms with Gasteiger partial charge >= 0.3 is 0 Å². The van der Waals surface area contributed by atoms with Crippen LogP contribution < -0.4 is 20.9 Å². The quantitative estimate of drug-likeness (QED) is 0.389. The largest absolute Gasteiger partial charge is 0.494 e. The van der Waals surface area contributed by atoms with Crippen molar-refractivity contribution in [3.63, 3.8) is 0 Å². The van der Waals surface area contributed by atoms with Gasteiger partial charge in [-0.05, 0) is 66.3 Å². The number of hydrogen-bond acceptors (Lipinski definition) is 4. The fourth-order valence-corrected chi connectivity index (χ4v) is 3.06. The molecule has 0 radical (unpaired) electrons. The maximum absolute atomic E-state index is 12.3. The summed E-state index contributed by atoms with van der Waals surface area (Å²) in [6.07, 6.45) is 2.81. The van der Waals surface area contributed by atoms with Crippen LogP contribution in [0.5, 0.6) is 5.75 Å². The van der Waals surface area contributed by atoms with Crippen LogP contribution in [0.1, 0.15) is 30.6 Å². The first-order chi connectivity index (χ1) is 14.9. The van der Waals surface area contributed by atoms with Crippen LogP contribution in [0.15, 0.2) is 60.8 Å². The second-order valence-electron chi connectivity index (χ2n) is 7.51. The molecular weight excluding hydrogens is 412 g/mol. The number of para-hydroxylation sites is 1. The zero-order valence-corrected chi connectivity index (χ0v) is 18.4. The number of fused-ring (bicyclic) bond motifs is 1. The summed E-state index contributed by atoms with van der Waals surface area (Å²) in [6, 6.07) is 16.6. The number of hydrogen-bond donors (Lipinski definition) is 3. The summed E-state index contributed by atoms with van der Waals surface area (Å²) >= 11 is 5.09. The number of carbonyl (C=O) groups is 2. The average Bonchev–Trinajstić information content (AvgIpc) is 3.15. The summed E-state index contributed by atoms with van der Waals surface area (Å²) in [4.78, 5) is 24.5. The lowest BCUT2D eigenvalue weighted by Gasteiger charge is -2.12. The molecule has 0 spiro atoms. The molecule has 1 heterocycles. The van der Waals surface area contributed by atoms with Crippen LogP contribution in [0.25, 0.3) is 10.9 Å². The molecule has 7 nitrogen and oxygen atoms in total. The third-order valence-electron chi connectivity index (χ3n) is 4.62. The van der Waals surface area contributed by atoms with Gasteiger partial charge in [-0.2, -0.15) is 0 Å². The monoisotopic (exact) mass is 438 g/mol. The second-order valence-corrected chi connectivity index (χ2v) is 7.92. The van der Waals surface area contributed by atoms with Gasteiger partial charge in [0.05, 0.1) is 6.61 Å². The molecule has 3 aromatic rings. The summed E-state index contributed by atoms with van der Waals surface area (Å²) < 4.78 is 7.48. The van der Waals surface area contributed by atoms with Crippen molar-refractivity contribution in [2.75, 3.05) is 6.61 Å². The number of thiocarbonyl (C=S) groups is 1. The van der Waals surface area contributed by atoms with Crippen molar-refractivity contribution in [3.8, 4) is 5.75 Å². The predicted molar refractivity (Wildman–Crippen MR) is 125 cm³/mol. The van der Waals surface area contributed by atoms with Gasteiger partial charge in [-0.1, -0.05) is 32.0 Å². The Morgan fingerprint density at radius 3 is 2.52 bits per heavy atom. The van der Waals surface area contributed by atoms with E-state index in [-0.39, 0.29) is 23.5 Å². The predicted octanol–water partition coefficient (Wildman–Crippen LogP) is 3.40. The minimum Gasteiger partial charge on any atom is -0.494 e. The van der Waals surface area contributed by atoms with Crippen molar-refractivity contribution >= 4 is 40.0 Å². The Balaban J connectivity index is 1.43. The number of nitrogens with zero attached hydrogens (tertiary/aromatic N) is 1. The van der Waals surface area contributed by atoms with Crippen molar-refractivity contribution in [2.45, 2.75) is 26.8 Å². The molecule has 0 saturated heterocycles. The Morgan fingerprint density at radius 1 is 1.03 bits per heavy atom. The zero-order chi connectivity index (χ0) is 22.2. The lowest BCUT2D eigenvalue weighted by atomic mass is 10.1. The fourth-order valence-electron chi connectivity index (χ4n) is 2.92. The maximum Gasteiger partial charge on any atom is 0.258 e. The average molecular weight is 439 g/mol. The van der Waals surface area contributed by atoms with Gasteiger partial charge in [-0.25, -0.2) is 0 Å². The summed E-state index contributed by atoms with van der Waals surface area (Å²) in [6.45, 7) is 5.03. The van der Waals surface area contributed by atoms with Crippen LogP contribution in [-0.4, -0.2) is 28.1 Å². The van der Waals surface area contributed by atoms with Crippen molar-refractivity contribution < 1.29 is 14.3 Å². The minimum absolute atomic E-state index is 0.00738. The molecule has 0 aliphatic carbocycles. The molecule has 0 saturated carbocycles. The van der Waals surface area contributed by atoms with Gasteiger partial charge < -0.3 is 9.30 Å². The molecule has 0 fully saturated rings. The molecule has 3 N–H and O–H groups in total. The molecule has 2 aromatic carbocycles. The van der Waals surface area contributed by atoms with E-state index in [4.69, 9.17) is 17.0 Å². The summed E-state index contributed by atoms with van der Waals surface area (Å²) in [5.74, 6) is 0.613. The van der Waals surface area contributed by atoms with E-state index < -0.39 is 0 Å². The maximum atomic E-state index is 12.3. The van der Waals surface area contributed by atoms with Crippen LogP contribution in [0.3, 0.4) is 0 Å². The number of aromatic nitrogens is 1. The van der Waals surface area contributed by atoms with Gasteiger partial charge in [0.1, 0.15) is 12.3 Å². The van der Waals surface area contributed by atoms with Gasteiger partial charge in [0, 0.05) is 17.3 Å². The van der Waals surface area contributed by atoms with E-state index in [9.17, 15) is 9.59 Å². The lowest BCUT2D eigenvalue weighted by molar-refractivity contribution is -0.122. The first-order valence-electron chi connectivity index (χ1n) is 10.1. The fraction of sp³-hybridized carbons (Fsp3) is 0.261. The Bertz CT molecular complexity index is 1060. The molecule has 0 aliphatic rings. The highest BCUT2D eigenvalue weighted by molar-refractivity contribution is 7.80. The number of amides is 2. The highest BCUT2D eigenvalue weighted by atomic mass is 32.1. The van der Waals surface area contributed by atoms with Gasteiger partial charge in [-0.15, -0.1) is 0 Å². The SMILES string of the molecule is CC(C)CCOc1ccc(C(=O)NC(=S)NNC(=O)Cn2ccc3ccccc32)cc1. The van der Waals surface area contributed by atoms with Gasteiger partial charge in [-0.3, -0.25) is 25.8 Å². The molecule has 0 bridgehead atoms. The standard InChI is InChI=1S/C23H26N4O3S/c1-16(2)12-14-30-19-9-7-18(8-10-19)22(29)24-23(31)26-25-21(28)15-27-13-11-17-5-3-4-6-20(17)27/h3-11,13,16H,12,14-15H2,1-2H3,(H,25,28)(H2,24,26,29,31). The lowest BCUT2D eigenvalue weighted by Crippen LogP contribution is -2.49. The van der Waals surface area contributed by atoms with Gasteiger partial charge in [0.2, 0.25) is 0 Å². The topological polar surface area (TPSA) is 84.4 Å². The van der Waals surface area contributed by atoms with Crippen molar-refractivity contribution in [1.82, 2.24) is 20.7 Å². The van der Waals surface area contributed by atoms with Crippen molar-refractivity contribution in [1.29, 1.82) is 0 Å². The van der Waals surface area contributed by atoms with Crippen molar-refractivity contribution in [3.05, 3.63) is 66.4 Å². The van der Waals surface area contributed by atoms with E-state index in [1.807, 2.05) is 41.1 Å². The zero-order valence-electron chi connectivity index (χ0n) is 17.6. The van der Waals surface area contributed by atoms with E-state index in [1.165, 1.54) is 0 Å². The Hall–Kier alpha value is -3.39. The molecule has 0 atom stereocenters. The molecule has 31 heavy (non-hydrogen) atoms. The van der Waals surface area contributed by atoms with E-state index in [0.717, 1.165) is 17.3 Å². The Labute approximate surface area is 186 Å². The molecule has 0 aliphatic heterocycles. The van der Waals surface area contributed by atoms with Crippen LogP contribution in [-0.2, 0) is 11.3 Å². The third-order valence-corrected chi connectivity index (χ3v) is 4.82. The molecule has 162 valence electrons. The minimum atomic E-state index is -0.378.